The summed E-state index contributed by atoms with van der Waals surface area (Å²) in [4.78, 5) is 71.1. The van der Waals surface area contributed by atoms with Crippen LogP contribution in [0.5, 0.6) is 11.5 Å². The number of aryl methyl sites for hydroxylation is 1. The lowest BCUT2D eigenvalue weighted by Gasteiger charge is -2.35. The number of carbonyl (C=O) groups is 4. The first-order chi connectivity index (χ1) is 32.5. The van der Waals surface area contributed by atoms with Gasteiger partial charge in [-0.05, 0) is 80.2 Å². The molecule has 68 heavy (non-hydrogen) atoms. The molecule has 4 aromatic rings. The third-order valence-corrected chi connectivity index (χ3v) is 13.9. The summed E-state index contributed by atoms with van der Waals surface area (Å²) in [5.74, 6) is 0.309. The summed E-state index contributed by atoms with van der Waals surface area (Å²) in [6, 6.07) is 8.87. The van der Waals surface area contributed by atoms with Gasteiger partial charge in [-0.15, -0.1) is 11.3 Å². The Balaban J connectivity index is 0.890. The predicted octanol–water partition coefficient (Wildman–Crippen LogP) is 6.30. The number of ether oxygens (including phenoxy) is 3. The Kier molecular flexibility index (Phi) is 16.1. The van der Waals surface area contributed by atoms with Gasteiger partial charge in [-0.25, -0.2) is 14.4 Å². The van der Waals surface area contributed by atoms with Crippen LogP contribution < -0.4 is 30.7 Å². The molecule has 4 amide bonds. The van der Waals surface area contributed by atoms with Gasteiger partial charge in [0.25, 0.3) is 11.8 Å². The number of carbonyl (C=O) groups excluding carboxylic acids is 4. The second-order valence-electron chi connectivity index (χ2n) is 18.6. The van der Waals surface area contributed by atoms with Crippen molar-refractivity contribution in [2.75, 3.05) is 64.2 Å². The molecule has 3 aliphatic rings. The summed E-state index contributed by atoms with van der Waals surface area (Å²) in [5, 5.41) is 22.6. The fourth-order valence-corrected chi connectivity index (χ4v) is 9.38. The number of likely N-dealkylation sites (tertiary alicyclic amines) is 2. The molecule has 4 heterocycles. The van der Waals surface area contributed by atoms with Crippen LogP contribution in [0.15, 0.2) is 48.1 Å². The summed E-state index contributed by atoms with van der Waals surface area (Å²) in [7, 11) is 3.26. The van der Waals surface area contributed by atoms with Crippen molar-refractivity contribution in [1.29, 1.82) is 0 Å². The number of thiazole rings is 1. The van der Waals surface area contributed by atoms with Gasteiger partial charge in [-0.3, -0.25) is 19.2 Å². The molecule has 3 atom stereocenters. The maximum atomic E-state index is 14.6. The molecule has 1 saturated carbocycles. The maximum Gasteiger partial charge on any atom is 0.258 e. The van der Waals surface area contributed by atoms with Crippen LogP contribution in [-0.4, -0.2) is 131 Å². The molecule has 17 nitrogen and oxygen atoms in total. The van der Waals surface area contributed by atoms with E-state index >= 15 is 0 Å². The van der Waals surface area contributed by atoms with E-state index in [4.69, 9.17) is 25.8 Å². The summed E-state index contributed by atoms with van der Waals surface area (Å²) < 4.78 is 32.6. The zero-order chi connectivity index (χ0) is 48.8. The van der Waals surface area contributed by atoms with E-state index in [9.17, 15) is 28.7 Å². The molecule has 20 heteroatoms. The van der Waals surface area contributed by atoms with E-state index in [0.29, 0.717) is 77.3 Å². The fraction of sp³-hybridized carbons (Fsp3) is 0.521. The number of alkyl halides is 1. The zero-order valence-electron chi connectivity index (χ0n) is 39.3. The molecule has 1 aliphatic carbocycles. The van der Waals surface area contributed by atoms with Crippen LogP contribution in [0.4, 0.5) is 21.8 Å². The summed E-state index contributed by atoms with van der Waals surface area (Å²) in [6.07, 6.45) is 3.30. The van der Waals surface area contributed by atoms with Crippen molar-refractivity contribution in [2.45, 2.75) is 96.6 Å². The number of rotatable bonds is 19. The Bertz CT molecular complexity index is 2460. The number of piperidine rings is 1. The first kappa shape index (κ1) is 50.3. The number of nitrogens with zero attached hydrogens (tertiary/aromatic N) is 5. The van der Waals surface area contributed by atoms with Crippen molar-refractivity contribution in [3.8, 4) is 21.9 Å². The lowest BCUT2D eigenvalue weighted by atomic mass is 9.85. The SMILES string of the molecule is CNc1nc(Nc2ccc(C(=O)N3CCC(CCOCCOc4cc(-c5scnc5C)ccc4CNC(=O)[C@@H]4C[C@@H](O)CN4C(=O)C(NC(=O)C4(F)CC4)C(C)(C)C)CC3)cc2OC)ncc1Cl. The fourth-order valence-electron chi connectivity index (χ4n) is 8.39. The van der Waals surface area contributed by atoms with Gasteiger partial charge >= 0.3 is 0 Å². The van der Waals surface area contributed by atoms with Crippen molar-refractivity contribution < 1.29 is 42.9 Å². The van der Waals surface area contributed by atoms with Gasteiger partial charge in [0.2, 0.25) is 17.8 Å². The zero-order valence-corrected chi connectivity index (χ0v) is 40.9. The molecule has 2 aromatic heterocycles. The summed E-state index contributed by atoms with van der Waals surface area (Å²) >= 11 is 7.64. The topological polar surface area (TPSA) is 209 Å². The number of amides is 4. The molecule has 2 aliphatic heterocycles. The molecule has 366 valence electrons. The summed E-state index contributed by atoms with van der Waals surface area (Å²) in [6.45, 7) is 9.55. The van der Waals surface area contributed by atoms with Gasteiger partial charge in [0.1, 0.15) is 41.0 Å². The number of β-amino-alcohol motifs (C(OH)–C–C–N with tert-alkyl or cyclic N) is 1. The van der Waals surface area contributed by atoms with Crippen molar-refractivity contribution in [3.63, 3.8) is 0 Å². The minimum absolute atomic E-state index is 0.0152. The Hall–Kier alpha value is -5.63. The lowest BCUT2D eigenvalue weighted by molar-refractivity contribution is -0.145. The van der Waals surface area contributed by atoms with Gasteiger partial charge < -0.3 is 50.4 Å². The largest absolute Gasteiger partial charge is 0.495 e. The van der Waals surface area contributed by atoms with E-state index in [2.05, 4.69) is 36.2 Å². The quantitative estimate of drug-likeness (QED) is 0.0654. The monoisotopic (exact) mass is 977 g/mol. The van der Waals surface area contributed by atoms with Crippen molar-refractivity contribution in [1.82, 2.24) is 35.4 Å². The number of methoxy groups -OCH3 is 1. The van der Waals surface area contributed by atoms with Crippen LogP contribution in [0.3, 0.4) is 0 Å². The van der Waals surface area contributed by atoms with Crippen LogP contribution in [0, 0.1) is 18.3 Å². The Morgan fingerprint density at radius 2 is 1.81 bits per heavy atom. The molecule has 2 saturated heterocycles. The predicted molar refractivity (Wildman–Crippen MR) is 257 cm³/mol. The molecule has 7 rings (SSSR count). The maximum absolute atomic E-state index is 14.6. The van der Waals surface area contributed by atoms with E-state index in [-0.39, 0.29) is 44.9 Å². The van der Waals surface area contributed by atoms with Gasteiger partial charge in [-0.2, -0.15) is 4.98 Å². The summed E-state index contributed by atoms with van der Waals surface area (Å²) in [5.41, 5.74) is 2.63. The smallest absolute Gasteiger partial charge is 0.258 e. The average molecular weight is 979 g/mol. The first-order valence-electron chi connectivity index (χ1n) is 22.9. The second kappa shape index (κ2) is 21.8. The number of halogens is 2. The van der Waals surface area contributed by atoms with Crippen LogP contribution in [0.1, 0.15) is 80.9 Å². The number of anilines is 3. The van der Waals surface area contributed by atoms with Crippen LogP contribution in [-0.2, 0) is 25.7 Å². The van der Waals surface area contributed by atoms with Gasteiger partial charge in [0, 0.05) is 57.4 Å². The van der Waals surface area contributed by atoms with E-state index in [0.717, 1.165) is 35.4 Å². The average Bonchev–Trinajstić information content (AvgIpc) is 3.73. The molecule has 0 bridgehead atoms. The van der Waals surface area contributed by atoms with E-state index in [1.807, 2.05) is 30.0 Å². The van der Waals surface area contributed by atoms with Crippen LogP contribution >= 0.6 is 22.9 Å². The third kappa shape index (κ3) is 12.1. The number of hydrogen-bond acceptors (Lipinski definition) is 14. The lowest BCUT2D eigenvalue weighted by Crippen LogP contribution is -2.59. The van der Waals surface area contributed by atoms with Gasteiger partial charge in [0.15, 0.2) is 5.67 Å². The van der Waals surface area contributed by atoms with E-state index in [1.54, 1.807) is 58.6 Å². The minimum atomic E-state index is -1.98. The molecule has 0 radical (unpaired) electrons. The second-order valence-corrected chi connectivity index (χ2v) is 19.9. The molecule has 2 aromatic carbocycles. The molecule has 1 unspecified atom stereocenters. The molecule has 0 spiro atoms. The molecule has 5 N–H and O–H groups in total. The Morgan fingerprint density at radius 1 is 1.04 bits per heavy atom. The number of hydrogen-bond donors (Lipinski definition) is 5. The normalized spacial score (nSPS) is 18.4. The highest BCUT2D eigenvalue weighted by molar-refractivity contribution is 7.13. The minimum Gasteiger partial charge on any atom is -0.495 e. The Morgan fingerprint density at radius 3 is 2.49 bits per heavy atom. The number of benzene rings is 2. The van der Waals surface area contributed by atoms with Crippen LogP contribution in [0.25, 0.3) is 10.4 Å². The van der Waals surface area contributed by atoms with E-state index in [1.165, 1.54) is 22.4 Å². The number of aliphatic hydroxyl groups excluding tert-OH is 1. The van der Waals surface area contributed by atoms with Gasteiger partial charge in [0.05, 0.1) is 47.8 Å². The van der Waals surface area contributed by atoms with Gasteiger partial charge in [-0.1, -0.05) is 44.5 Å². The standard InChI is InChI=1S/C48H61ClFN9O8S/c1-28-39(68-27-54-28)30-7-8-32(24-52-42(61)36-23-33(60)26-59(36)44(63)40(47(2,3)4)56-45(64)48(50)14-15-48)37(21-30)67-20-19-66-18-13-29-11-16-58(17-12-29)43(62)31-9-10-35(38(22-31)65-6)55-46-53-25-34(49)41(51-5)57-46/h7-10,21-22,25,27,29,33,36,40,60H,11-20,23-24,26H2,1-6H3,(H,52,61)(H,56,64)(H2,51,53,55,57)/t33-,36+,40?/m1/s1. The highest BCUT2D eigenvalue weighted by Gasteiger charge is 2.53. The number of nitrogens with one attached hydrogen (secondary N) is 4. The van der Waals surface area contributed by atoms with Crippen molar-refractivity contribution in [2.24, 2.45) is 11.3 Å². The van der Waals surface area contributed by atoms with Crippen molar-refractivity contribution in [3.05, 3.63) is 69.9 Å². The first-order valence-corrected chi connectivity index (χ1v) is 24.2. The molecular formula is C48H61ClFN9O8S. The highest BCUT2D eigenvalue weighted by atomic mass is 35.5. The third-order valence-electron chi connectivity index (χ3n) is 12.6. The Labute approximate surface area is 404 Å². The highest BCUT2D eigenvalue weighted by Crippen LogP contribution is 2.41. The van der Waals surface area contributed by atoms with Crippen LogP contribution in [0.2, 0.25) is 5.02 Å². The number of aliphatic hydroxyl groups is 1. The van der Waals surface area contributed by atoms with Crippen molar-refractivity contribution >= 4 is 64.0 Å². The van der Waals surface area contributed by atoms with E-state index < -0.39 is 47.0 Å². The molecular weight excluding hydrogens is 917 g/mol. The molecule has 3 fully saturated rings. The number of aromatic nitrogens is 3.